The summed E-state index contributed by atoms with van der Waals surface area (Å²) >= 11 is 0. The molecule has 3 heteroatoms. The molecule has 1 aromatic rings. The van der Waals surface area contributed by atoms with Crippen LogP contribution >= 0.6 is 0 Å². The molecule has 0 aliphatic carbocycles. The van der Waals surface area contributed by atoms with Crippen LogP contribution in [0.25, 0.3) is 0 Å². The predicted octanol–water partition coefficient (Wildman–Crippen LogP) is 3.94. The smallest absolute Gasteiger partial charge is 0.308 e. The van der Waals surface area contributed by atoms with Crippen LogP contribution in [-0.4, -0.2) is 11.8 Å². The van der Waals surface area contributed by atoms with Crippen molar-refractivity contribution in [1.82, 2.24) is 0 Å². The maximum Gasteiger partial charge on any atom is 0.308 e. The van der Waals surface area contributed by atoms with Crippen LogP contribution in [0.2, 0.25) is 0 Å². The molecule has 0 spiro atoms. The second-order valence-electron chi connectivity index (χ2n) is 4.93. The zero-order valence-corrected chi connectivity index (χ0v) is 12.7. The average molecular weight is 274 g/mol. The van der Waals surface area contributed by atoms with Crippen LogP contribution in [0.5, 0.6) is 5.75 Å². The maximum atomic E-state index is 12.2. The Morgan fingerprint density at radius 3 is 2.50 bits per heavy atom. The van der Waals surface area contributed by atoms with Crippen LogP contribution in [0.1, 0.15) is 53.7 Å². The first-order valence-corrected chi connectivity index (χ1v) is 6.87. The summed E-state index contributed by atoms with van der Waals surface area (Å²) in [6.45, 7) is 10.8. The van der Waals surface area contributed by atoms with E-state index in [9.17, 15) is 9.59 Å². The molecule has 1 aromatic carbocycles. The Hall–Kier alpha value is -1.90. The molecule has 1 rings (SSSR count). The molecular weight excluding hydrogens is 252 g/mol. The lowest BCUT2D eigenvalue weighted by molar-refractivity contribution is -0.132. The van der Waals surface area contributed by atoms with Gasteiger partial charge in [0.25, 0.3) is 0 Å². The fourth-order valence-corrected chi connectivity index (χ4v) is 2.27. The minimum Gasteiger partial charge on any atom is -0.426 e. The van der Waals surface area contributed by atoms with Gasteiger partial charge in [0.1, 0.15) is 5.75 Å². The lowest BCUT2D eigenvalue weighted by atomic mass is 9.93. The summed E-state index contributed by atoms with van der Waals surface area (Å²) in [5.41, 5.74) is 3.25. The zero-order valence-electron chi connectivity index (χ0n) is 12.7. The summed E-state index contributed by atoms with van der Waals surface area (Å²) in [7, 11) is 0. The van der Waals surface area contributed by atoms with E-state index in [2.05, 4.69) is 6.58 Å². The van der Waals surface area contributed by atoms with Crippen LogP contribution in [0.15, 0.2) is 18.7 Å². The van der Waals surface area contributed by atoms with Gasteiger partial charge in [-0.25, -0.2) is 0 Å². The van der Waals surface area contributed by atoms with Gasteiger partial charge in [-0.2, -0.15) is 0 Å². The second-order valence-corrected chi connectivity index (χ2v) is 4.93. The second kappa shape index (κ2) is 7.04. The Morgan fingerprint density at radius 2 is 2.00 bits per heavy atom. The van der Waals surface area contributed by atoms with Gasteiger partial charge in [0.15, 0.2) is 5.78 Å². The number of benzene rings is 1. The van der Waals surface area contributed by atoms with E-state index in [4.69, 9.17) is 4.74 Å². The fraction of sp³-hybridized carbons (Fsp3) is 0.412. The molecule has 0 aliphatic heterocycles. The summed E-state index contributed by atoms with van der Waals surface area (Å²) in [6, 6.07) is 1.89. The third-order valence-corrected chi connectivity index (χ3v) is 3.23. The van der Waals surface area contributed by atoms with Gasteiger partial charge >= 0.3 is 5.97 Å². The van der Waals surface area contributed by atoms with Crippen molar-refractivity contribution in [1.29, 1.82) is 0 Å². The molecule has 20 heavy (non-hydrogen) atoms. The first-order valence-electron chi connectivity index (χ1n) is 6.87. The molecule has 0 aromatic heterocycles. The summed E-state index contributed by atoms with van der Waals surface area (Å²) in [4.78, 5) is 23.5. The molecule has 0 radical (unpaired) electrons. The summed E-state index contributed by atoms with van der Waals surface area (Å²) in [5.74, 6) is 0.224. The molecule has 0 unspecified atom stereocenters. The molecule has 0 heterocycles. The zero-order chi connectivity index (χ0) is 15.3. The van der Waals surface area contributed by atoms with E-state index in [0.29, 0.717) is 24.2 Å². The third kappa shape index (κ3) is 3.56. The lowest BCUT2D eigenvalue weighted by Gasteiger charge is -2.17. The standard InChI is InChI=1S/C17H22O3/c1-6-8-14-11(3)10-15(16(19)9-7-2)12(4)17(14)20-13(5)18/h6,10H,1,7-9H2,2-5H3. The quantitative estimate of drug-likeness (QED) is 0.341. The third-order valence-electron chi connectivity index (χ3n) is 3.23. The Balaban J connectivity index is 3.44. The van der Waals surface area contributed by atoms with Crippen molar-refractivity contribution >= 4 is 11.8 Å². The summed E-state index contributed by atoms with van der Waals surface area (Å²) in [5, 5.41) is 0. The lowest BCUT2D eigenvalue weighted by Crippen LogP contribution is -2.11. The van der Waals surface area contributed by atoms with Gasteiger partial charge in [-0.15, -0.1) is 6.58 Å². The number of carbonyl (C=O) groups excluding carboxylic acids is 2. The molecule has 0 aliphatic rings. The van der Waals surface area contributed by atoms with Crippen molar-refractivity contribution in [2.24, 2.45) is 0 Å². The SMILES string of the molecule is C=CCc1c(C)cc(C(=O)CCC)c(C)c1OC(C)=O. The van der Waals surface area contributed by atoms with E-state index in [0.717, 1.165) is 23.1 Å². The number of ketones is 1. The molecule has 0 N–H and O–H groups in total. The van der Waals surface area contributed by atoms with E-state index in [1.54, 1.807) is 6.08 Å². The first-order chi connectivity index (χ1) is 9.42. The number of ether oxygens (including phenoxy) is 1. The molecule has 0 atom stereocenters. The average Bonchev–Trinajstić information content (AvgIpc) is 2.37. The van der Waals surface area contributed by atoms with E-state index in [1.807, 2.05) is 26.8 Å². The van der Waals surface area contributed by atoms with Gasteiger partial charge in [-0.3, -0.25) is 9.59 Å². The highest BCUT2D eigenvalue weighted by Gasteiger charge is 2.19. The largest absolute Gasteiger partial charge is 0.426 e. The van der Waals surface area contributed by atoms with Gasteiger partial charge in [-0.1, -0.05) is 13.0 Å². The van der Waals surface area contributed by atoms with E-state index < -0.39 is 0 Å². The minimum absolute atomic E-state index is 0.0895. The van der Waals surface area contributed by atoms with Gasteiger partial charge in [0.2, 0.25) is 0 Å². The van der Waals surface area contributed by atoms with Crippen molar-refractivity contribution in [3.8, 4) is 5.75 Å². The summed E-state index contributed by atoms with van der Waals surface area (Å²) < 4.78 is 5.34. The molecule has 0 bridgehead atoms. The van der Waals surface area contributed by atoms with E-state index in [-0.39, 0.29) is 11.8 Å². The fourth-order valence-electron chi connectivity index (χ4n) is 2.27. The topological polar surface area (TPSA) is 43.4 Å². The van der Waals surface area contributed by atoms with Crippen molar-refractivity contribution in [2.45, 2.75) is 47.0 Å². The Bertz CT molecular complexity index is 542. The molecule has 0 fully saturated rings. The highest BCUT2D eigenvalue weighted by Crippen LogP contribution is 2.31. The highest BCUT2D eigenvalue weighted by molar-refractivity contribution is 5.98. The molecule has 0 saturated carbocycles. The number of carbonyl (C=O) groups is 2. The molecule has 3 nitrogen and oxygen atoms in total. The van der Waals surface area contributed by atoms with Crippen LogP contribution in [0.4, 0.5) is 0 Å². The van der Waals surface area contributed by atoms with Gasteiger partial charge < -0.3 is 4.74 Å². The van der Waals surface area contributed by atoms with Crippen LogP contribution in [0.3, 0.4) is 0 Å². The molecule has 0 saturated heterocycles. The maximum absolute atomic E-state index is 12.2. The first kappa shape index (κ1) is 16.2. The Morgan fingerprint density at radius 1 is 1.35 bits per heavy atom. The Labute approximate surface area is 120 Å². The monoisotopic (exact) mass is 274 g/mol. The van der Waals surface area contributed by atoms with Crippen molar-refractivity contribution in [2.75, 3.05) is 0 Å². The van der Waals surface area contributed by atoms with Gasteiger partial charge in [0, 0.05) is 30.0 Å². The van der Waals surface area contributed by atoms with Crippen LogP contribution in [-0.2, 0) is 11.2 Å². The van der Waals surface area contributed by atoms with E-state index in [1.165, 1.54) is 6.92 Å². The highest BCUT2D eigenvalue weighted by atomic mass is 16.5. The number of hydrogen-bond acceptors (Lipinski definition) is 3. The summed E-state index contributed by atoms with van der Waals surface area (Å²) in [6.07, 6.45) is 3.68. The molecule has 108 valence electrons. The minimum atomic E-state index is -0.377. The van der Waals surface area contributed by atoms with Crippen LogP contribution in [0, 0.1) is 13.8 Å². The molecular formula is C17H22O3. The number of aryl methyl sites for hydroxylation is 1. The number of allylic oxidation sites excluding steroid dienone is 1. The Kier molecular flexibility index (Phi) is 5.68. The number of rotatable bonds is 6. The number of Topliss-reactive ketones (excluding diaryl/α,β-unsaturated/α-hetero) is 1. The van der Waals surface area contributed by atoms with Gasteiger partial charge in [-0.05, 0) is 38.3 Å². The van der Waals surface area contributed by atoms with Gasteiger partial charge in [0.05, 0.1) is 0 Å². The molecule has 0 amide bonds. The van der Waals surface area contributed by atoms with Crippen molar-refractivity contribution in [3.05, 3.63) is 41.0 Å². The van der Waals surface area contributed by atoms with Crippen LogP contribution < -0.4 is 4.74 Å². The van der Waals surface area contributed by atoms with E-state index >= 15 is 0 Å². The van der Waals surface area contributed by atoms with Crippen molar-refractivity contribution < 1.29 is 14.3 Å². The number of esters is 1. The number of hydrogen-bond donors (Lipinski definition) is 0. The normalized spacial score (nSPS) is 10.2. The van der Waals surface area contributed by atoms with Crippen molar-refractivity contribution in [3.63, 3.8) is 0 Å². The predicted molar refractivity (Wildman–Crippen MR) is 80.4 cm³/mol.